The maximum atomic E-state index is 11.7. The smallest absolute Gasteiger partial charge is 0.229 e. The zero-order valence-electron chi connectivity index (χ0n) is 17.5. The molecule has 0 bridgehead atoms. The Morgan fingerprint density at radius 3 is 2.72 bits per heavy atom. The van der Waals surface area contributed by atoms with Crippen molar-refractivity contribution in [3.8, 4) is 22.6 Å². The Kier molecular flexibility index (Phi) is 5.11. The molecule has 5 N–H and O–H groups in total. The van der Waals surface area contributed by atoms with Gasteiger partial charge < -0.3 is 16.0 Å². The highest BCUT2D eigenvalue weighted by molar-refractivity contribution is 7.92. The minimum Gasteiger partial charge on any atom is -0.352 e. The van der Waals surface area contributed by atoms with Crippen molar-refractivity contribution in [1.29, 1.82) is 0 Å². The summed E-state index contributed by atoms with van der Waals surface area (Å²) in [5.74, 6) is 1.75. The van der Waals surface area contributed by atoms with Gasteiger partial charge in [0.25, 0.3) is 0 Å². The van der Waals surface area contributed by atoms with E-state index in [2.05, 4.69) is 25.0 Å². The summed E-state index contributed by atoms with van der Waals surface area (Å²) in [6, 6.07) is 6.99. The zero-order valence-corrected chi connectivity index (χ0v) is 19.1. The molecule has 2 aliphatic carbocycles. The van der Waals surface area contributed by atoms with E-state index in [9.17, 15) is 8.42 Å². The molecule has 3 aromatic rings. The second kappa shape index (κ2) is 7.72. The number of imidazole rings is 1. The number of H-pyrrole nitrogens is 1. The van der Waals surface area contributed by atoms with E-state index in [1.165, 1.54) is 0 Å². The van der Waals surface area contributed by atoms with Gasteiger partial charge in [-0.1, -0.05) is 23.7 Å². The number of hydrogen-bond acceptors (Lipinski definition) is 7. The van der Waals surface area contributed by atoms with E-state index in [4.69, 9.17) is 22.3 Å². The van der Waals surface area contributed by atoms with Gasteiger partial charge in [0.15, 0.2) is 0 Å². The van der Waals surface area contributed by atoms with Crippen LogP contribution in [-0.2, 0) is 10.0 Å². The molecule has 2 heterocycles. The monoisotopic (exact) mass is 473 g/mol. The van der Waals surface area contributed by atoms with E-state index in [0.29, 0.717) is 46.7 Å². The number of rotatable bonds is 8. The largest absolute Gasteiger partial charge is 0.352 e. The van der Waals surface area contributed by atoms with Gasteiger partial charge in [-0.2, -0.15) is 0 Å². The molecular weight excluding hydrogens is 450 g/mol. The number of aromatic nitrogens is 4. The summed E-state index contributed by atoms with van der Waals surface area (Å²) in [7, 11) is -3.48. The van der Waals surface area contributed by atoms with Gasteiger partial charge in [-0.25, -0.2) is 23.4 Å². The molecule has 32 heavy (non-hydrogen) atoms. The third kappa shape index (κ3) is 4.57. The van der Waals surface area contributed by atoms with Gasteiger partial charge in [0.1, 0.15) is 5.82 Å². The maximum Gasteiger partial charge on any atom is 0.229 e. The summed E-state index contributed by atoms with van der Waals surface area (Å²) in [6.45, 7) is 0.616. The third-order valence-electron chi connectivity index (χ3n) is 5.64. The van der Waals surface area contributed by atoms with E-state index in [1.807, 2.05) is 6.07 Å². The highest BCUT2D eigenvalue weighted by atomic mass is 35.5. The SMILES string of the molecule is CS(=O)(=O)Nc1cccc(-c2nc(C3CC3)[nH]c2-c2ccnc(NCC3(N)CC3)n2)c1Cl. The van der Waals surface area contributed by atoms with Crippen LogP contribution in [0, 0.1) is 0 Å². The van der Waals surface area contributed by atoms with Crippen molar-refractivity contribution < 1.29 is 8.42 Å². The number of anilines is 2. The third-order valence-corrected chi connectivity index (χ3v) is 6.64. The van der Waals surface area contributed by atoms with Gasteiger partial charge in [-0.3, -0.25) is 4.72 Å². The first kappa shape index (κ1) is 21.2. The first-order valence-electron chi connectivity index (χ1n) is 10.4. The van der Waals surface area contributed by atoms with Gasteiger partial charge in [0.2, 0.25) is 16.0 Å². The minimum absolute atomic E-state index is 0.168. The summed E-state index contributed by atoms with van der Waals surface area (Å²) in [5, 5.41) is 3.50. The molecule has 0 atom stereocenters. The Balaban J connectivity index is 1.55. The Hall–Kier alpha value is -2.69. The molecule has 0 saturated heterocycles. The van der Waals surface area contributed by atoms with Gasteiger partial charge >= 0.3 is 0 Å². The van der Waals surface area contributed by atoms with Crippen LogP contribution in [0.25, 0.3) is 22.6 Å². The van der Waals surface area contributed by atoms with Crippen molar-refractivity contribution >= 4 is 33.3 Å². The lowest BCUT2D eigenvalue weighted by atomic mass is 10.1. The number of nitrogens with two attached hydrogens (primary N) is 1. The number of nitrogens with zero attached hydrogens (tertiary/aromatic N) is 3. The summed E-state index contributed by atoms with van der Waals surface area (Å²) >= 11 is 6.61. The normalized spacial score (nSPS) is 17.2. The van der Waals surface area contributed by atoms with Crippen LogP contribution < -0.4 is 15.8 Å². The second-order valence-corrected chi connectivity index (χ2v) is 10.8. The van der Waals surface area contributed by atoms with Crippen LogP contribution in [-0.4, -0.2) is 46.7 Å². The van der Waals surface area contributed by atoms with Crippen LogP contribution in [0.15, 0.2) is 30.5 Å². The molecular formula is C21H24ClN7O2S. The molecule has 9 nitrogen and oxygen atoms in total. The van der Waals surface area contributed by atoms with E-state index in [1.54, 1.807) is 24.4 Å². The summed E-state index contributed by atoms with van der Waals surface area (Å²) < 4.78 is 25.9. The van der Waals surface area contributed by atoms with Crippen molar-refractivity contribution in [3.05, 3.63) is 41.3 Å². The quantitative estimate of drug-likeness (QED) is 0.393. The molecule has 0 unspecified atom stereocenters. The highest BCUT2D eigenvalue weighted by Gasteiger charge is 2.38. The molecule has 1 aromatic carbocycles. The van der Waals surface area contributed by atoms with E-state index in [-0.39, 0.29) is 10.6 Å². The Morgan fingerprint density at radius 1 is 1.25 bits per heavy atom. The number of benzene rings is 1. The molecule has 0 aliphatic heterocycles. The van der Waals surface area contributed by atoms with Crippen LogP contribution in [0.5, 0.6) is 0 Å². The van der Waals surface area contributed by atoms with E-state index >= 15 is 0 Å². The molecule has 2 aliphatic rings. The number of nitrogens with one attached hydrogen (secondary N) is 3. The highest BCUT2D eigenvalue weighted by Crippen LogP contribution is 2.43. The molecule has 2 aromatic heterocycles. The summed E-state index contributed by atoms with van der Waals surface area (Å²) in [5.41, 5.74) is 8.91. The van der Waals surface area contributed by atoms with Gasteiger partial charge in [-0.15, -0.1) is 0 Å². The topological polar surface area (TPSA) is 139 Å². The van der Waals surface area contributed by atoms with Crippen molar-refractivity contribution in [2.24, 2.45) is 5.73 Å². The predicted molar refractivity (Wildman–Crippen MR) is 125 cm³/mol. The average Bonchev–Trinajstić information content (AvgIpc) is 3.67. The van der Waals surface area contributed by atoms with E-state index < -0.39 is 10.0 Å². The van der Waals surface area contributed by atoms with Gasteiger partial charge in [0, 0.05) is 29.8 Å². The Labute approximate surface area is 191 Å². The van der Waals surface area contributed by atoms with Crippen molar-refractivity contribution in [3.63, 3.8) is 0 Å². The Morgan fingerprint density at radius 2 is 2.03 bits per heavy atom. The standard InChI is InChI=1S/C21H24ClN7O2S/c1-32(30,31)29-14-4-2-3-13(16(14)22)17-18(28-19(27-17)12-5-6-12)15-7-10-24-20(26-15)25-11-21(23)8-9-21/h2-4,7,10,12,29H,5-6,8-9,11,23H2,1H3,(H,27,28)(H,24,25,26). The first-order valence-corrected chi connectivity index (χ1v) is 12.7. The minimum atomic E-state index is -3.48. The fraction of sp³-hybridized carbons (Fsp3) is 0.381. The maximum absolute atomic E-state index is 11.7. The predicted octanol–water partition coefficient (Wildman–Crippen LogP) is 3.34. The van der Waals surface area contributed by atoms with Crippen molar-refractivity contribution in [2.75, 3.05) is 22.8 Å². The molecule has 5 rings (SSSR count). The molecule has 0 amide bonds. The fourth-order valence-electron chi connectivity index (χ4n) is 3.49. The van der Waals surface area contributed by atoms with Crippen LogP contribution in [0.4, 0.5) is 11.6 Å². The fourth-order valence-corrected chi connectivity index (χ4v) is 4.38. The number of halogens is 1. The van der Waals surface area contributed by atoms with Crippen LogP contribution in [0.1, 0.15) is 37.4 Å². The van der Waals surface area contributed by atoms with E-state index in [0.717, 1.165) is 37.8 Å². The zero-order chi connectivity index (χ0) is 22.5. The first-order chi connectivity index (χ1) is 15.2. The Bertz CT molecular complexity index is 1280. The second-order valence-electron chi connectivity index (χ2n) is 8.64. The lowest BCUT2D eigenvalue weighted by molar-refractivity contribution is 0.607. The van der Waals surface area contributed by atoms with Crippen molar-refractivity contribution in [1.82, 2.24) is 19.9 Å². The van der Waals surface area contributed by atoms with Crippen LogP contribution in [0.3, 0.4) is 0 Å². The van der Waals surface area contributed by atoms with Crippen LogP contribution >= 0.6 is 11.6 Å². The lowest BCUT2D eigenvalue weighted by Crippen LogP contribution is -2.31. The molecule has 2 fully saturated rings. The number of aromatic amines is 1. The molecule has 0 radical (unpaired) electrons. The lowest BCUT2D eigenvalue weighted by Gasteiger charge is -2.12. The molecule has 168 valence electrons. The van der Waals surface area contributed by atoms with Gasteiger partial charge in [0.05, 0.1) is 34.0 Å². The summed E-state index contributed by atoms with van der Waals surface area (Å²) in [4.78, 5) is 17.2. The van der Waals surface area contributed by atoms with Crippen LogP contribution in [0.2, 0.25) is 5.02 Å². The average molecular weight is 474 g/mol. The summed E-state index contributed by atoms with van der Waals surface area (Å²) in [6.07, 6.45) is 6.90. The molecule has 11 heteroatoms. The van der Waals surface area contributed by atoms with Crippen molar-refractivity contribution in [2.45, 2.75) is 37.1 Å². The van der Waals surface area contributed by atoms with Gasteiger partial charge in [-0.05, 0) is 37.8 Å². The number of sulfonamides is 1. The molecule has 2 saturated carbocycles. The number of hydrogen-bond donors (Lipinski definition) is 4. The molecule has 0 spiro atoms.